The molecule has 0 aliphatic rings. The summed E-state index contributed by atoms with van der Waals surface area (Å²) in [5.74, 6) is 0.306. The Hall–Kier alpha value is -2.22. The minimum atomic E-state index is 0.306. The number of phenols is 1. The van der Waals surface area contributed by atoms with E-state index >= 15 is 0 Å². The number of phenolic OH excluding ortho intramolecular Hbond substituents is 1. The van der Waals surface area contributed by atoms with E-state index in [4.69, 9.17) is 0 Å². The molecule has 0 amide bonds. The molecule has 18 heavy (non-hydrogen) atoms. The fourth-order valence-corrected chi connectivity index (χ4v) is 2.44. The van der Waals surface area contributed by atoms with Gasteiger partial charge in [0.2, 0.25) is 0 Å². The maximum absolute atomic E-state index is 9.36. The van der Waals surface area contributed by atoms with E-state index in [1.165, 1.54) is 16.6 Å². The minimum Gasteiger partial charge on any atom is -0.508 e. The fraction of sp³-hybridized carbons (Fsp3) is 0.125. The van der Waals surface area contributed by atoms with Crippen LogP contribution in [0.1, 0.15) is 12.5 Å². The van der Waals surface area contributed by atoms with Crippen molar-refractivity contribution in [3.05, 3.63) is 60.4 Å². The van der Waals surface area contributed by atoms with Crippen molar-refractivity contribution in [1.82, 2.24) is 4.40 Å². The third kappa shape index (κ3) is 1.66. The van der Waals surface area contributed by atoms with Gasteiger partial charge in [-0.05, 0) is 41.8 Å². The van der Waals surface area contributed by atoms with Crippen molar-refractivity contribution in [3.63, 3.8) is 0 Å². The molecule has 1 aromatic carbocycles. The lowest BCUT2D eigenvalue weighted by atomic mass is 10.0. The number of hydrogen-bond donors (Lipinski definition) is 1. The summed E-state index contributed by atoms with van der Waals surface area (Å²) >= 11 is 0. The van der Waals surface area contributed by atoms with E-state index in [0.717, 1.165) is 12.0 Å². The average Bonchev–Trinajstić information content (AvgIpc) is 2.78. The number of fused-ring (bicyclic) bond motifs is 1. The molecule has 2 aromatic heterocycles. The molecule has 3 rings (SSSR count). The molecule has 2 heteroatoms. The Labute approximate surface area is 106 Å². The summed E-state index contributed by atoms with van der Waals surface area (Å²) < 4.78 is 2.15. The van der Waals surface area contributed by atoms with Gasteiger partial charge in [-0.3, -0.25) is 0 Å². The summed E-state index contributed by atoms with van der Waals surface area (Å²) in [6.07, 6.45) is 5.22. The molecule has 0 aliphatic carbocycles. The van der Waals surface area contributed by atoms with Crippen molar-refractivity contribution in [2.24, 2.45) is 0 Å². The molecule has 2 heterocycles. The highest BCUT2D eigenvalue weighted by molar-refractivity contribution is 5.77. The lowest BCUT2D eigenvalue weighted by Crippen LogP contribution is -1.83. The van der Waals surface area contributed by atoms with Crippen LogP contribution in [-0.4, -0.2) is 9.51 Å². The smallest absolute Gasteiger partial charge is 0.115 e. The van der Waals surface area contributed by atoms with Crippen LogP contribution in [0.3, 0.4) is 0 Å². The standard InChI is InChI=1S/C16H15NO/c1-2-14-15(12-6-8-13(18)9-7-12)11-17-10-4-3-5-16(14)17/h3-11,18H,2H2,1H3. The largest absolute Gasteiger partial charge is 0.508 e. The third-order valence-corrected chi connectivity index (χ3v) is 3.32. The van der Waals surface area contributed by atoms with E-state index in [1.54, 1.807) is 12.1 Å². The number of aromatic hydroxyl groups is 1. The monoisotopic (exact) mass is 237 g/mol. The summed E-state index contributed by atoms with van der Waals surface area (Å²) in [4.78, 5) is 0. The average molecular weight is 237 g/mol. The van der Waals surface area contributed by atoms with Gasteiger partial charge >= 0.3 is 0 Å². The second-order valence-electron chi connectivity index (χ2n) is 4.41. The van der Waals surface area contributed by atoms with Gasteiger partial charge in [-0.25, -0.2) is 0 Å². The molecule has 2 nitrogen and oxygen atoms in total. The zero-order chi connectivity index (χ0) is 12.5. The van der Waals surface area contributed by atoms with Gasteiger partial charge in [0.25, 0.3) is 0 Å². The molecule has 0 unspecified atom stereocenters. The Morgan fingerprint density at radius 1 is 1.06 bits per heavy atom. The number of hydrogen-bond acceptors (Lipinski definition) is 1. The van der Waals surface area contributed by atoms with Crippen molar-refractivity contribution in [1.29, 1.82) is 0 Å². The van der Waals surface area contributed by atoms with Gasteiger partial charge in [0.05, 0.1) is 0 Å². The molecule has 0 spiro atoms. The SMILES string of the molecule is CCc1c(-c2ccc(O)cc2)cn2ccccc12. The molecular weight excluding hydrogens is 222 g/mol. The highest BCUT2D eigenvalue weighted by Crippen LogP contribution is 2.30. The molecule has 0 atom stereocenters. The summed E-state index contributed by atoms with van der Waals surface area (Å²) in [6.45, 7) is 2.17. The van der Waals surface area contributed by atoms with Crippen LogP contribution in [-0.2, 0) is 6.42 Å². The minimum absolute atomic E-state index is 0.306. The third-order valence-electron chi connectivity index (χ3n) is 3.32. The van der Waals surface area contributed by atoms with Crippen LogP contribution in [0.15, 0.2) is 54.9 Å². The number of pyridine rings is 1. The Morgan fingerprint density at radius 2 is 1.83 bits per heavy atom. The van der Waals surface area contributed by atoms with Gasteiger partial charge in [0.1, 0.15) is 5.75 Å². The first-order chi connectivity index (χ1) is 8.79. The maximum atomic E-state index is 9.36. The second kappa shape index (κ2) is 4.22. The van der Waals surface area contributed by atoms with Crippen LogP contribution in [0.4, 0.5) is 0 Å². The van der Waals surface area contributed by atoms with Crippen molar-refractivity contribution in [2.45, 2.75) is 13.3 Å². The fourth-order valence-electron chi connectivity index (χ4n) is 2.44. The van der Waals surface area contributed by atoms with Crippen LogP contribution in [0.5, 0.6) is 5.75 Å². The molecule has 0 aliphatic heterocycles. The highest BCUT2D eigenvalue weighted by atomic mass is 16.3. The van der Waals surface area contributed by atoms with Crippen LogP contribution in [0, 0.1) is 0 Å². The molecule has 3 aromatic rings. The van der Waals surface area contributed by atoms with Crippen molar-refractivity contribution >= 4 is 5.52 Å². The van der Waals surface area contributed by atoms with Crippen LogP contribution < -0.4 is 0 Å². The lowest BCUT2D eigenvalue weighted by Gasteiger charge is -2.02. The lowest BCUT2D eigenvalue weighted by molar-refractivity contribution is 0.475. The van der Waals surface area contributed by atoms with Gasteiger partial charge in [0, 0.05) is 23.5 Å². The van der Waals surface area contributed by atoms with Gasteiger partial charge in [-0.15, -0.1) is 0 Å². The zero-order valence-electron chi connectivity index (χ0n) is 10.3. The van der Waals surface area contributed by atoms with E-state index in [1.807, 2.05) is 18.2 Å². The number of nitrogens with zero attached hydrogens (tertiary/aromatic N) is 1. The first-order valence-corrected chi connectivity index (χ1v) is 6.17. The molecule has 0 radical (unpaired) electrons. The van der Waals surface area contributed by atoms with Crippen molar-refractivity contribution < 1.29 is 5.11 Å². The Morgan fingerprint density at radius 3 is 2.56 bits per heavy atom. The quantitative estimate of drug-likeness (QED) is 0.718. The normalized spacial score (nSPS) is 10.9. The second-order valence-corrected chi connectivity index (χ2v) is 4.41. The number of benzene rings is 1. The molecule has 0 saturated heterocycles. The van der Waals surface area contributed by atoms with E-state index in [2.05, 4.69) is 35.9 Å². The van der Waals surface area contributed by atoms with Crippen molar-refractivity contribution in [3.8, 4) is 16.9 Å². The number of aromatic nitrogens is 1. The molecule has 1 N–H and O–H groups in total. The molecule has 90 valence electrons. The van der Waals surface area contributed by atoms with Gasteiger partial charge in [0.15, 0.2) is 0 Å². The number of aryl methyl sites for hydroxylation is 1. The Kier molecular flexibility index (Phi) is 2.56. The predicted octanol–water partition coefficient (Wildman–Crippen LogP) is 3.87. The zero-order valence-corrected chi connectivity index (χ0v) is 10.3. The maximum Gasteiger partial charge on any atom is 0.115 e. The summed E-state index contributed by atoms with van der Waals surface area (Å²) in [6, 6.07) is 13.6. The molecule has 0 fully saturated rings. The molecular formula is C16H15NO. The van der Waals surface area contributed by atoms with Gasteiger partial charge in [-0.1, -0.05) is 25.1 Å². The predicted molar refractivity (Wildman–Crippen MR) is 73.9 cm³/mol. The summed E-state index contributed by atoms with van der Waals surface area (Å²) in [5, 5.41) is 9.36. The van der Waals surface area contributed by atoms with Gasteiger partial charge < -0.3 is 9.51 Å². The Balaban J connectivity index is 2.25. The Bertz CT molecular complexity index is 680. The summed E-state index contributed by atoms with van der Waals surface area (Å²) in [5.41, 5.74) is 4.99. The van der Waals surface area contributed by atoms with Crippen LogP contribution in [0.25, 0.3) is 16.6 Å². The summed E-state index contributed by atoms with van der Waals surface area (Å²) in [7, 11) is 0. The van der Waals surface area contributed by atoms with Crippen LogP contribution in [0.2, 0.25) is 0 Å². The first-order valence-electron chi connectivity index (χ1n) is 6.17. The molecule has 0 saturated carbocycles. The van der Waals surface area contributed by atoms with Crippen LogP contribution >= 0.6 is 0 Å². The molecule has 0 bridgehead atoms. The number of rotatable bonds is 2. The van der Waals surface area contributed by atoms with Crippen molar-refractivity contribution in [2.75, 3.05) is 0 Å². The van der Waals surface area contributed by atoms with E-state index in [0.29, 0.717) is 5.75 Å². The van der Waals surface area contributed by atoms with E-state index in [9.17, 15) is 5.11 Å². The topological polar surface area (TPSA) is 24.6 Å². The highest BCUT2D eigenvalue weighted by Gasteiger charge is 2.10. The van der Waals surface area contributed by atoms with Gasteiger partial charge in [-0.2, -0.15) is 0 Å². The first kappa shape index (κ1) is 10.9. The van der Waals surface area contributed by atoms with E-state index < -0.39 is 0 Å². The van der Waals surface area contributed by atoms with E-state index in [-0.39, 0.29) is 0 Å².